The van der Waals surface area contributed by atoms with Crippen molar-refractivity contribution in [3.05, 3.63) is 12.2 Å². The lowest BCUT2D eigenvalue weighted by Gasteiger charge is -2.20. The van der Waals surface area contributed by atoms with E-state index >= 15 is 0 Å². The van der Waals surface area contributed by atoms with Crippen molar-refractivity contribution >= 4 is 5.84 Å². The maximum Gasteiger partial charge on any atom is 0.145 e. The molecule has 1 aromatic rings. The summed E-state index contributed by atoms with van der Waals surface area (Å²) >= 11 is 0. The lowest BCUT2D eigenvalue weighted by Crippen LogP contribution is -2.25. The molecule has 2 rings (SSSR count). The summed E-state index contributed by atoms with van der Waals surface area (Å²) in [5.41, 5.74) is 5.95. The van der Waals surface area contributed by atoms with Crippen molar-refractivity contribution < 1.29 is 0 Å². The van der Waals surface area contributed by atoms with Crippen molar-refractivity contribution in [3.63, 3.8) is 0 Å². The third kappa shape index (κ3) is 2.78. The van der Waals surface area contributed by atoms with Crippen LogP contribution in [0.5, 0.6) is 0 Å². The molecule has 0 bridgehead atoms. The highest BCUT2D eigenvalue weighted by molar-refractivity contribution is 5.82. The molecule has 0 unspecified atom stereocenters. The Hall–Kier alpha value is -1.39. The Morgan fingerprint density at radius 1 is 1.47 bits per heavy atom. The van der Waals surface area contributed by atoms with Gasteiger partial charge in [-0.2, -0.15) is 5.10 Å². The van der Waals surface area contributed by atoms with Crippen molar-refractivity contribution in [2.45, 2.75) is 38.6 Å². The van der Waals surface area contributed by atoms with E-state index in [9.17, 15) is 0 Å². The summed E-state index contributed by atoms with van der Waals surface area (Å²) in [7, 11) is 0. The molecule has 0 saturated heterocycles. The minimum Gasteiger partial charge on any atom is -0.387 e. The van der Waals surface area contributed by atoms with Crippen LogP contribution in [0.25, 0.3) is 0 Å². The molecule has 15 heavy (non-hydrogen) atoms. The number of aliphatic imine (C=N–C) groups is 1. The third-order valence-electron chi connectivity index (χ3n) is 2.90. The fourth-order valence-corrected chi connectivity index (χ4v) is 2.00. The number of nitrogens with one attached hydrogen (secondary N) is 1. The predicted octanol–water partition coefficient (Wildman–Crippen LogP) is 1.24. The van der Waals surface area contributed by atoms with Crippen LogP contribution >= 0.6 is 0 Å². The molecule has 1 heterocycles. The SMILES string of the molecule is NC(=NCc1ncn[nH]1)C1CCCCC1. The number of H-pyrrole nitrogens is 1. The third-order valence-corrected chi connectivity index (χ3v) is 2.90. The number of hydrogen-bond acceptors (Lipinski definition) is 3. The van der Waals surface area contributed by atoms with Crippen LogP contribution in [0.4, 0.5) is 0 Å². The minimum atomic E-state index is 0.488. The van der Waals surface area contributed by atoms with Gasteiger partial charge in [-0.15, -0.1) is 0 Å². The van der Waals surface area contributed by atoms with E-state index in [0.717, 1.165) is 11.7 Å². The van der Waals surface area contributed by atoms with Crippen LogP contribution in [0.2, 0.25) is 0 Å². The lowest BCUT2D eigenvalue weighted by atomic mass is 9.88. The molecule has 0 spiro atoms. The molecule has 0 radical (unpaired) electrons. The first-order valence-corrected chi connectivity index (χ1v) is 5.50. The molecule has 1 aliphatic rings. The Bertz CT molecular complexity index is 311. The molecule has 1 saturated carbocycles. The van der Waals surface area contributed by atoms with Gasteiger partial charge in [-0.25, -0.2) is 4.98 Å². The van der Waals surface area contributed by atoms with Gasteiger partial charge in [0.2, 0.25) is 0 Å². The summed E-state index contributed by atoms with van der Waals surface area (Å²) in [5, 5.41) is 6.54. The van der Waals surface area contributed by atoms with Gasteiger partial charge in [0.05, 0.1) is 5.84 Å². The Morgan fingerprint density at radius 3 is 2.93 bits per heavy atom. The quantitative estimate of drug-likeness (QED) is 0.578. The standard InChI is InChI=1S/C10H17N5/c11-10(8-4-2-1-3-5-8)12-6-9-13-7-14-15-9/h7-8H,1-6H2,(H2,11,12)(H,13,14,15). The number of amidine groups is 1. The van der Waals surface area contributed by atoms with Crippen LogP contribution < -0.4 is 5.73 Å². The molecule has 0 atom stereocenters. The van der Waals surface area contributed by atoms with E-state index in [1.54, 1.807) is 0 Å². The van der Waals surface area contributed by atoms with Gasteiger partial charge in [-0.1, -0.05) is 19.3 Å². The van der Waals surface area contributed by atoms with Gasteiger partial charge in [0.25, 0.3) is 0 Å². The van der Waals surface area contributed by atoms with Gasteiger partial charge in [0.1, 0.15) is 18.7 Å². The van der Waals surface area contributed by atoms with Crippen LogP contribution in [0.3, 0.4) is 0 Å². The van der Waals surface area contributed by atoms with E-state index in [2.05, 4.69) is 20.2 Å². The number of rotatable bonds is 3. The van der Waals surface area contributed by atoms with Crippen molar-refractivity contribution in [2.24, 2.45) is 16.6 Å². The van der Waals surface area contributed by atoms with Gasteiger partial charge < -0.3 is 5.73 Å². The van der Waals surface area contributed by atoms with Crippen LogP contribution in [-0.2, 0) is 6.54 Å². The van der Waals surface area contributed by atoms with E-state index in [4.69, 9.17) is 5.73 Å². The molecule has 0 amide bonds. The van der Waals surface area contributed by atoms with Gasteiger partial charge in [0.15, 0.2) is 0 Å². The summed E-state index contributed by atoms with van der Waals surface area (Å²) in [6.45, 7) is 0.516. The van der Waals surface area contributed by atoms with Crippen LogP contribution in [0, 0.1) is 5.92 Å². The Balaban J connectivity index is 1.88. The fraction of sp³-hybridized carbons (Fsp3) is 0.700. The summed E-state index contributed by atoms with van der Waals surface area (Å²) in [5.74, 6) is 2.04. The summed E-state index contributed by atoms with van der Waals surface area (Å²) in [6, 6.07) is 0. The van der Waals surface area contributed by atoms with E-state index in [1.165, 1.54) is 38.4 Å². The van der Waals surface area contributed by atoms with E-state index < -0.39 is 0 Å². The summed E-state index contributed by atoms with van der Waals surface area (Å²) in [4.78, 5) is 8.35. The minimum absolute atomic E-state index is 0.488. The number of aromatic amines is 1. The second-order valence-electron chi connectivity index (χ2n) is 4.01. The van der Waals surface area contributed by atoms with Crippen molar-refractivity contribution in [1.82, 2.24) is 15.2 Å². The Kier molecular flexibility index (Phi) is 3.32. The monoisotopic (exact) mass is 207 g/mol. The molecule has 3 N–H and O–H groups in total. The maximum atomic E-state index is 5.95. The zero-order chi connectivity index (χ0) is 10.5. The van der Waals surface area contributed by atoms with E-state index in [1.807, 2.05) is 0 Å². The van der Waals surface area contributed by atoms with Gasteiger partial charge in [0, 0.05) is 5.92 Å². The van der Waals surface area contributed by atoms with Gasteiger partial charge in [-0.3, -0.25) is 10.1 Å². The highest BCUT2D eigenvalue weighted by Gasteiger charge is 2.16. The molecule has 1 fully saturated rings. The summed E-state index contributed by atoms with van der Waals surface area (Å²) in [6.07, 6.45) is 7.76. The Morgan fingerprint density at radius 2 is 2.27 bits per heavy atom. The van der Waals surface area contributed by atoms with Gasteiger partial charge in [-0.05, 0) is 12.8 Å². The second kappa shape index (κ2) is 4.91. The first-order chi connectivity index (χ1) is 7.36. The molecule has 5 heteroatoms. The zero-order valence-corrected chi connectivity index (χ0v) is 8.82. The smallest absolute Gasteiger partial charge is 0.145 e. The number of nitrogens with zero attached hydrogens (tertiary/aromatic N) is 3. The first kappa shape index (κ1) is 10.1. The normalized spacial score (nSPS) is 19.3. The zero-order valence-electron chi connectivity index (χ0n) is 8.82. The Labute approximate surface area is 89.2 Å². The topological polar surface area (TPSA) is 79.9 Å². The van der Waals surface area contributed by atoms with Crippen molar-refractivity contribution in [2.75, 3.05) is 0 Å². The number of hydrogen-bond donors (Lipinski definition) is 2. The fourth-order valence-electron chi connectivity index (χ4n) is 2.00. The van der Waals surface area contributed by atoms with Crippen LogP contribution in [0.15, 0.2) is 11.3 Å². The average Bonchev–Trinajstić information content (AvgIpc) is 2.80. The number of aromatic nitrogens is 3. The largest absolute Gasteiger partial charge is 0.387 e. The van der Waals surface area contributed by atoms with Gasteiger partial charge >= 0.3 is 0 Å². The lowest BCUT2D eigenvalue weighted by molar-refractivity contribution is 0.436. The molecular formula is C10H17N5. The average molecular weight is 207 g/mol. The highest BCUT2D eigenvalue weighted by atomic mass is 15.2. The highest BCUT2D eigenvalue weighted by Crippen LogP contribution is 2.23. The van der Waals surface area contributed by atoms with Crippen molar-refractivity contribution in [1.29, 1.82) is 0 Å². The molecule has 0 aromatic carbocycles. The van der Waals surface area contributed by atoms with Crippen molar-refractivity contribution in [3.8, 4) is 0 Å². The number of nitrogens with two attached hydrogens (primary N) is 1. The molecule has 82 valence electrons. The van der Waals surface area contributed by atoms with Crippen LogP contribution in [0.1, 0.15) is 37.9 Å². The second-order valence-corrected chi connectivity index (χ2v) is 4.01. The molecule has 0 aliphatic heterocycles. The molecule has 1 aliphatic carbocycles. The molecule has 5 nitrogen and oxygen atoms in total. The van der Waals surface area contributed by atoms with E-state index in [0.29, 0.717) is 12.5 Å². The molecule has 1 aromatic heterocycles. The molecular weight excluding hydrogens is 190 g/mol. The predicted molar refractivity (Wildman–Crippen MR) is 58.3 cm³/mol. The first-order valence-electron chi connectivity index (χ1n) is 5.50. The van der Waals surface area contributed by atoms with Crippen LogP contribution in [-0.4, -0.2) is 21.0 Å². The van der Waals surface area contributed by atoms with E-state index in [-0.39, 0.29) is 0 Å². The maximum absolute atomic E-state index is 5.95. The summed E-state index contributed by atoms with van der Waals surface area (Å²) < 4.78 is 0.